The fourth-order valence-corrected chi connectivity index (χ4v) is 4.74. The van der Waals surface area contributed by atoms with E-state index in [1.807, 2.05) is 24.3 Å². The normalized spacial score (nSPS) is 11.4. The monoisotopic (exact) mass is 492 g/mol. The van der Waals surface area contributed by atoms with Crippen molar-refractivity contribution in [2.75, 3.05) is 7.11 Å². The Morgan fingerprint density at radius 3 is 1.46 bits per heavy atom. The lowest BCUT2D eigenvalue weighted by atomic mass is 9.75. The van der Waals surface area contributed by atoms with Crippen LogP contribution in [0.25, 0.3) is 0 Å². The maximum atomic E-state index is 12.9. The first-order valence-corrected chi connectivity index (χ1v) is 12.7. The van der Waals surface area contributed by atoms with E-state index in [1.54, 1.807) is 31.4 Å². The molecule has 0 saturated carbocycles. The molecule has 0 aliphatic carbocycles. The lowest BCUT2D eigenvalue weighted by Crippen LogP contribution is -2.20. The summed E-state index contributed by atoms with van der Waals surface area (Å²) in [7, 11) is 1.61. The number of hydrogen-bond donors (Lipinski definition) is 0. The standard InChI is InChI=1S/C34H36O3/c1-21-17-28(18-22(2)25(21)5)34(6,7)29-19-23(3)33(24(4)20-29)37-31-15-11-27(12-16-31)32(35)26-9-13-30(36-8)14-10-26/h9-20H,1-8H3. The van der Waals surface area contributed by atoms with Gasteiger partial charge in [0.25, 0.3) is 0 Å². The van der Waals surface area contributed by atoms with Gasteiger partial charge in [0.1, 0.15) is 17.2 Å². The largest absolute Gasteiger partial charge is 0.497 e. The highest BCUT2D eigenvalue weighted by Crippen LogP contribution is 2.38. The van der Waals surface area contributed by atoms with Gasteiger partial charge in [0.15, 0.2) is 5.78 Å². The van der Waals surface area contributed by atoms with Gasteiger partial charge in [0.05, 0.1) is 7.11 Å². The molecule has 0 aliphatic rings. The molecule has 0 atom stereocenters. The van der Waals surface area contributed by atoms with Crippen LogP contribution in [0.4, 0.5) is 0 Å². The van der Waals surface area contributed by atoms with Crippen molar-refractivity contribution < 1.29 is 14.3 Å². The van der Waals surface area contributed by atoms with E-state index in [-0.39, 0.29) is 11.2 Å². The zero-order chi connectivity index (χ0) is 26.9. The van der Waals surface area contributed by atoms with Crippen molar-refractivity contribution in [1.29, 1.82) is 0 Å². The van der Waals surface area contributed by atoms with E-state index < -0.39 is 0 Å². The van der Waals surface area contributed by atoms with Crippen LogP contribution in [0.2, 0.25) is 0 Å². The van der Waals surface area contributed by atoms with Crippen LogP contribution in [0.15, 0.2) is 72.8 Å². The third kappa shape index (κ3) is 5.32. The Bertz CT molecular complexity index is 1400. The average molecular weight is 493 g/mol. The fraction of sp³-hybridized carbons (Fsp3) is 0.265. The fourth-order valence-electron chi connectivity index (χ4n) is 4.74. The number of carbonyl (C=O) groups excluding carboxylic acids is 1. The maximum Gasteiger partial charge on any atom is 0.193 e. The Kier molecular flexibility index (Phi) is 7.27. The molecule has 0 fully saturated rings. The molecule has 3 nitrogen and oxygen atoms in total. The topological polar surface area (TPSA) is 35.5 Å². The van der Waals surface area contributed by atoms with Crippen LogP contribution in [0.1, 0.15) is 68.7 Å². The summed E-state index contributed by atoms with van der Waals surface area (Å²) in [6, 6.07) is 23.6. The number of carbonyl (C=O) groups is 1. The summed E-state index contributed by atoms with van der Waals surface area (Å²) in [5.41, 5.74) is 9.86. The second-order valence-corrected chi connectivity index (χ2v) is 10.5. The lowest BCUT2D eigenvalue weighted by Gasteiger charge is -2.29. The van der Waals surface area contributed by atoms with E-state index in [9.17, 15) is 4.79 Å². The Balaban J connectivity index is 1.56. The summed E-state index contributed by atoms with van der Waals surface area (Å²) in [6.45, 7) is 15.3. The zero-order valence-electron chi connectivity index (χ0n) is 23.2. The quantitative estimate of drug-likeness (QED) is 0.242. The van der Waals surface area contributed by atoms with Crippen molar-refractivity contribution in [3.05, 3.63) is 123 Å². The van der Waals surface area contributed by atoms with Crippen LogP contribution < -0.4 is 9.47 Å². The molecule has 0 aromatic heterocycles. The highest BCUT2D eigenvalue weighted by atomic mass is 16.5. The molecule has 37 heavy (non-hydrogen) atoms. The van der Waals surface area contributed by atoms with Gasteiger partial charge >= 0.3 is 0 Å². The van der Waals surface area contributed by atoms with Crippen molar-refractivity contribution in [2.45, 2.75) is 53.9 Å². The van der Waals surface area contributed by atoms with E-state index in [0.29, 0.717) is 16.9 Å². The van der Waals surface area contributed by atoms with E-state index in [1.165, 1.54) is 27.8 Å². The van der Waals surface area contributed by atoms with Crippen LogP contribution in [-0.2, 0) is 5.41 Å². The minimum absolute atomic E-state index is 0.0327. The Morgan fingerprint density at radius 1 is 0.622 bits per heavy atom. The summed E-state index contributed by atoms with van der Waals surface area (Å²) in [6.07, 6.45) is 0. The van der Waals surface area contributed by atoms with Gasteiger partial charge in [0, 0.05) is 16.5 Å². The van der Waals surface area contributed by atoms with Crippen molar-refractivity contribution in [1.82, 2.24) is 0 Å². The molecular formula is C34H36O3. The van der Waals surface area contributed by atoms with Gasteiger partial charge in [-0.15, -0.1) is 0 Å². The van der Waals surface area contributed by atoms with Gasteiger partial charge < -0.3 is 9.47 Å². The highest BCUT2D eigenvalue weighted by Gasteiger charge is 2.26. The maximum absolute atomic E-state index is 12.9. The molecule has 3 heteroatoms. The van der Waals surface area contributed by atoms with E-state index in [0.717, 1.165) is 22.6 Å². The van der Waals surface area contributed by atoms with E-state index in [4.69, 9.17) is 9.47 Å². The molecule has 0 saturated heterocycles. The van der Waals surface area contributed by atoms with Crippen molar-refractivity contribution >= 4 is 5.78 Å². The van der Waals surface area contributed by atoms with Gasteiger partial charge in [-0.1, -0.05) is 38.1 Å². The molecule has 4 aromatic carbocycles. The van der Waals surface area contributed by atoms with Gasteiger partial charge in [-0.05, 0) is 122 Å². The third-order valence-corrected chi connectivity index (χ3v) is 7.52. The predicted molar refractivity (Wildman–Crippen MR) is 152 cm³/mol. The Hall–Kier alpha value is -3.85. The minimum atomic E-state index is -0.138. The number of benzene rings is 4. The Labute approximate surface area is 221 Å². The molecule has 0 amide bonds. The molecule has 0 aliphatic heterocycles. The zero-order valence-corrected chi connectivity index (χ0v) is 23.2. The van der Waals surface area contributed by atoms with Crippen LogP contribution in [0.5, 0.6) is 17.2 Å². The average Bonchev–Trinajstić information content (AvgIpc) is 2.88. The van der Waals surface area contributed by atoms with Crippen LogP contribution in [0, 0.1) is 34.6 Å². The second-order valence-electron chi connectivity index (χ2n) is 10.5. The number of methoxy groups -OCH3 is 1. The number of ether oxygens (including phenoxy) is 2. The first kappa shape index (κ1) is 26.2. The molecule has 0 spiro atoms. The van der Waals surface area contributed by atoms with Crippen molar-refractivity contribution in [3.63, 3.8) is 0 Å². The summed E-state index contributed by atoms with van der Waals surface area (Å²) in [4.78, 5) is 12.9. The summed E-state index contributed by atoms with van der Waals surface area (Å²) in [5, 5.41) is 0. The van der Waals surface area contributed by atoms with E-state index >= 15 is 0 Å². The van der Waals surface area contributed by atoms with Crippen LogP contribution in [0.3, 0.4) is 0 Å². The number of rotatable bonds is 7. The van der Waals surface area contributed by atoms with Crippen LogP contribution in [-0.4, -0.2) is 12.9 Å². The molecule has 0 heterocycles. The third-order valence-electron chi connectivity index (χ3n) is 7.52. The predicted octanol–water partition coefficient (Wildman–Crippen LogP) is 8.59. The highest BCUT2D eigenvalue weighted by molar-refractivity contribution is 6.09. The molecule has 0 N–H and O–H groups in total. The van der Waals surface area contributed by atoms with Crippen molar-refractivity contribution in [3.8, 4) is 17.2 Å². The van der Waals surface area contributed by atoms with Crippen molar-refractivity contribution in [2.24, 2.45) is 0 Å². The SMILES string of the molecule is COc1ccc(C(=O)c2ccc(Oc3c(C)cc(C(C)(C)c4cc(C)c(C)c(C)c4)cc3C)cc2)cc1. The summed E-state index contributed by atoms with van der Waals surface area (Å²) < 4.78 is 11.5. The smallest absolute Gasteiger partial charge is 0.193 e. The number of hydrogen-bond acceptors (Lipinski definition) is 3. The molecule has 0 bridgehead atoms. The first-order valence-electron chi connectivity index (χ1n) is 12.7. The molecule has 4 aromatic rings. The van der Waals surface area contributed by atoms with Gasteiger partial charge in [0.2, 0.25) is 0 Å². The Morgan fingerprint density at radius 2 is 1.03 bits per heavy atom. The first-order chi connectivity index (χ1) is 17.5. The number of aryl methyl sites for hydroxylation is 4. The van der Waals surface area contributed by atoms with Gasteiger partial charge in [-0.25, -0.2) is 0 Å². The summed E-state index contributed by atoms with van der Waals surface area (Å²) >= 11 is 0. The van der Waals surface area contributed by atoms with E-state index in [2.05, 4.69) is 72.7 Å². The second kappa shape index (κ2) is 10.3. The molecule has 0 unspecified atom stereocenters. The molecule has 0 radical (unpaired) electrons. The van der Waals surface area contributed by atoms with Gasteiger partial charge in [-0.3, -0.25) is 4.79 Å². The molecule has 190 valence electrons. The summed E-state index contributed by atoms with van der Waals surface area (Å²) in [5.74, 6) is 2.25. The molecule has 4 rings (SSSR count). The lowest BCUT2D eigenvalue weighted by molar-refractivity contribution is 0.103. The minimum Gasteiger partial charge on any atom is -0.497 e. The van der Waals surface area contributed by atoms with Crippen LogP contribution >= 0.6 is 0 Å². The molecular weight excluding hydrogens is 456 g/mol. The van der Waals surface area contributed by atoms with Gasteiger partial charge in [-0.2, -0.15) is 0 Å². The number of ketones is 1.